The molecule has 2 rings (SSSR count). The largest absolute Gasteiger partial charge is 0.322 e. The Kier molecular flexibility index (Phi) is 2.37. The van der Waals surface area contributed by atoms with E-state index in [4.69, 9.17) is 11.6 Å². The predicted octanol–water partition coefficient (Wildman–Crippen LogP) is 2.70. The molecule has 0 atom stereocenters. The van der Waals surface area contributed by atoms with Gasteiger partial charge < -0.3 is 4.98 Å². The molecule has 0 aliphatic carbocycles. The van der Waals surface area contributed by atoms with Crippen molar-refractivity contribution in [3.05, 3.63) is 57.8 Å². The number of pyridine rings is 1. The molecule has 0 fully saturated rings. The first-order valence-electron chi connectivity index (χ1n) is 4.21. The fourth-order valence-electron chi connectivity index (χ4n) is 1.28. The van der Waals surface area contributed by atoms with E-state index in [0.29, 0.717) is 5.02 Å². The van der Waals surface area contributed by atoms with Crippen LogP contribution in [-0.4, -0.2) is 4.98 Å². The van der Waals surface area contributed by atoms with E-state index < -0.39 is 0 Å². The summed E-state index contributed by atoms with van der Waals surface area (Å²) in [5.74, 6) is 0. The molecule has 0 amide bonds. The first-order chi connectivity index (χ1) is 6.75. The highest BCUT2D eigenvalue weighted by molar-refractivity contribution is 6.30. The van der Waals surface area contributed by atoms with Crippen molar-refractivity contribution in [2.75, 3.05) is 0 Å². The van der Waals surface area contributed by atoms with Gasteiger partial charge in [0.15, 0.2) is 0 Å². The molecule has 1 heterocycles. The van der Waals surface area contributed by atoms with E-state index in [1.807, 2.05) is 30.3 Å². The topological polar surface area (TPSA) is 32.9 Å². The lowest BCUT2D eigenvalue weighted by Crippen LogP contribution is -2.04. The standard InChI is InChI=1S/C11H8ClNO/c12-9-6-10(13-11(14)7-9)8-4-2-1-3-5-8/h1-7H,(H,13,14). The fraction of sp³-hybridized carbons (Fsp3) is 0. The molecule has 0 saturated heterocycles. The molecule has 3 heteroatoms. The van der Waals surface area contributed by atoms with E-state index >= 15 is 0 Å². The van der Waals surface area contributed by atoms with Crippen LogP contribution in [0.5, 0.6) is 0 Å². The zero-order valence-electron chi connectivity index (χ0n) is 7.33. The summed E-state index contributed by atoms with van der Waals surface area (Å²) in [4.78, 5) is 13.9. The van der Waals surface area contributed by atoms with E-state index in [1.54, 1.807) is 6.07 Å². The number of halogens is 1. The van der Waals surface area contributed by atoms with E-state index in [-0.39, 0.29) is 5.56 Å². The zero-order chi connectivity index (χ0) is 9.97. The Balaban J connectivity index is 2.58. The SMILES string of the molecule is O=c1cc(Cl)cc(-c2ccccc2)[nH]1. The Bertz CT molecular complexity index is 490. The van der Waals surface area contributed by atoms with Crippen LogP contribution in [0.1, 0.15) is 0 Å². The predicted molar refractivity (Wildman–Crippen MR) is 57.5 cm³/mol. The molecule has 1 N–H and O–H groups in total. The summed E-state index contributed by atoms with van der Waals surface area (Å²) in [6, 6.07) is 12.7. The van der Waals surface area contributed by atoms with Crippen LogP contribution in [0.4, 0.5) is 0 Å². The van der Waals surface area contributed by atoms with Gasteiger partial charge in [-0.2, -0.15) is 0 Å². The molecule has 14 heavy (non-hydrogen) atoms. The monoisotopic (exact) mass is 205 g/mol. The van der Waals surface area contributed by atoms with Crippen LogP contribution < -0.4 is 5.56 Å². The molecule has 0 radical (unpaired) electrons. The van der Waals surface area contributed by atoms with Crippen LogP contribution >= 0.6 is 11.6 Å². The van der Waals surface area contributed by atoms with Crippen molar-refractivity contribution in [3.8, 4) is 11.3 Å². The molecule has 1 aromatic heterocycles. The van der Waals surface area contributed by atoms with Gasteiger partial charge in [-0.15, -0.1) is 0 Å². The summed E-state index contributed by atoms with van der Waals surface area (Å²) in [5, 5.41) is 0.451. The summed E-state index contributed by atoms with van der Waals surface area (Å²) in [6.45, 7) is 0. The van der Waals surface area contributed by atoms with Gasteiger partial charge in [0.25, 0.3) is 0 Å². The van der Waals surface area contributed by atoms with Gasteiger partial charge in [-0.25, -0.2) is 0 Å². The third kappa shape index (κ3) is 1.86. The van der Waals surface area contributed by atoms with Crippen molar-refractivity contribution >= 4 is 11.6 Å². The Labute approximate surface area is 86.2 Å². The molecular formula is C11H8ClNO. The number of H-pyrrole nitrogens is 1. The van der Waals surface area contributed by atoms with Gasteiger partial charge in [0.2, 0.25) is 5.56 Å². The minimum Gasteiger partial charge on any atom is -0.322 e. The van der Waals surface area contributed by atoms with Crippen LogP contribution in [0.2, 0.25) is 5.02 Å². The van der Waals surface area contributed by atoms with Crippen LogP contribution in [0.3, 0.4) is 0 Å². The van der Waals surface area contributed by atoms with E-state index in [0.717, 1.165) is 11.3 Å². The van der Waals surface area contributed by atoms with Gasteiger partial charge >= 0.3 is 0 Å². The summed E-state index contributed by atoms with van der Waals surface area (Å²) in [7, 11) is 0. The molecule has 2 aromatic rings. The van der Waals surface area contributed by atoms with Crippen LogP contribution in [0, 0.1) is 0 Å². The molecular weight excluding hydrogens is 198 g/mol. The quantitative estimate of drug-likeness (QED) is 0.763. The van der Waals surface area contributed by atoms with Gasteiger partial charge in [-0.05, 0) is 11.6 Å². The van der Waals surface area contributed by atoms with Gasteiger partial charge in [-0.1, -0.05) is 41.9 Å². The van der Waals surface area contributed by atoms with Crippen LogP contribution in [0.25, 0.3) is 11.3 Å². The Morgan fingerprint density at radius 1 is 1.07 bits per heavy atom. The molecule has 0 bridgehead atoms. The zero-order valence-corrected chi connectivity index (χ0v) is 8.08. The van der Waals surface area contributed by atoms with Gasteiger partial charge in [-0.3, -0.25) is 4.79 Å². The van der Waals surface area contributed by atoms with E-state index in [1.165, 1.54) is 6.07 Å². The number of benzene rings is 1. The smallest absolute Gasteiger partial charge is 0.249 e. The second-order valence-corrected chi connectivity index (χ2v) is 3.38. The lowest BCUT2D eigenvalue weighted by atomic mass is 10.1. The third-order valence-electron chi connectivity index (χ3n) is 1.89. The maximum Gasteiger partial charge on any atom is 0.249 e. The summed E-state index contributed by atoms with van der Waals surface area (Å²) in [5.41, 5.74) is 1.51. The molecule has 2 nitrogen and oxygen atoms in total. The highest BCUT2D eigenvalue weighted by atomic mass is 35.5. The second-order valence-electron chi connectivity index (χ2n) is 2.94. The van der Waals surface area contributed by atoms with E-state index in [2.05, 4.69) is 4.98 Å². The van der Waals surface area contributed by atoms with Gasteiger partial charge in [0.1, 0.15) is 0 Å². The molecule has 0 saturated carbocycles. The number of hydrogen-bond donors (Lipinski definition) is 1. The van der Waals surface area contributed by atoms with Crippen molar-refractivity contribution in [2.45, 2.75) is 0 Å². The maximum absolute atomic E-state index is 11.1. The van der Waals surface area contributed by atoms with Gasteiger partial charge in [0, 0.05) is 16.8 Å². The fourth-order valence-corrected chi connectivity index (χ4v) is 1.49. The van der Waals surface area contributed by atoms with Gasteiger partial charge in [0.05, 0.1) is 0 Å². The van der Waals surface area contributed by atoms with Crippen molar-refractivity contribution in [3.63, 3.8) is 0 Å². The highest BCUT2D eigenvalue weighted by Crippen LogP contribution is 2.17. The highest BCUT2D eigenvalue weighted by Gasteiger charge is 1.99. The average Bonchev–Trinajstić information content (AvgIpc) is 2.18. The van der Waals surface area contributed by atoms with Crippen molar-refractivity contribution < 1.29 is 0 Å². The summed E-state index contributed by atoms with van der Waals surface area (Å²) < 4.78 is 0. The molecule has 0 aliphatic rings. The van der Waals surface area contributed by atoms with Crippen LogP contribution in [-0.2, 0) is 0 Å². The van der Waals surface area contributed by atoms with Crippen molar-refractivity contribution in [1.82, 2.24) is 4.98 Å². The summed E-state index contributed by atoms with van der Waals surface area (Å²) >= 11 is 5.78. The molecule has 0 unspecified atom stereocenters. The number of rotatable bonds is 1. The molecule has 0 aliphatic heterocycles. The summed E-state index contributed by atoms with van der Waals surface area (Å²) in [6.07, 6.45) is 0. The van der Waals surface area contributed by atoms with E-state index in [9.17, 15) is 4.79 Å². The first-order valence-corrected chi connectivity index (χ1v) is 4.59. The first kappa shape index (κ1) is 9.03. The molecule has 0 spiro atoms. The molecule has 1 aromatic carbocycles. The van der Waals surface area contributed by atoms with Crippen molar-refractivity contribution in [2.24, 2.45) is 0 Å². The minimum absolute atomic E-state index is 0.184. The second kappa shape index (κ2) is 3.68. The molecule has 70 valence electrons. The minimum atomic E-state index is -0.184. The third-order valence-corrected chi connectivity index (χ3v) is 2.11. The average molecular weight is 206 g/mol. The number of hydrogen-bond acceptors (Lipinski definition) is 1. The Hall–Kier alpha value is -1.54. The normalized spacial score (nSPS) is 10.1. The number of aromatic nitrogens is 1. The Morgan fingerprint density at radius 2 is 1.79 bits per heavy atom. The lowest BCUT2D eigenvalue weighted by molar-refractivity contribution is 1.24. The lowest BCUT2D eigenvalue weighted by Gasteiger charge is -2.00. The van der Waals surface area contributed by atoms with Crippen LogP contribution in [0.15, 0.2) is 47.3 Å². The maximum atomic E-state index is 11.1. The number of aromatic amines is 1. The number of nitrogens with one attached hydrogen (secondary N) is 1. The van der Waals surface area contributed by atoms with Crippen molar-refractivity contribution in [1.29, 1.82) is 0 Å². The Morgan fingerprint density at radius 3 is 2.43 bits per heavy atom.